The maximum atomic E-state index is 10.6. The van der Waals surface area contributed by atoms with E-state index < -0.39 is 21.4 Å². The van der Waals surface area contributed by atoms with E-state index in [0.29, 0.717) is 12.8 Å². The third kappa shape index (κ3) is 3.32. The molecule has 2 atom stereocenters. The summed E-state index contributed by atoms with van der Waals surface area (Å²) in [7, 11) is -4.15. The molecule has 0 aromatic rings. The summed E-state index contributed by atoms with van der Waals surface area (Å²) in [6.07, 6.45) is 2.84. The Morgan fingerprint density at radius 1 is 1.25 bits per heavy atom. The molecule has 0 aromatic heterocycles. The van der Waals surface area contributed by atoms with Gasteiger partial charge in [0.15, 0.2) is 0 Å². The number of rotatable bonds is 1. The van der Waals surface area contributed by atoms with Crippen LogP contribution < -0.4 is 35.3 Å². The summed E-state index contributed by atoms with van der Waals surface area (Å²) < 4.78 is 31.7. The third-order valence-electron chi connectivity index (χ3n) is 2.12. The largest absolute Gasteiger partial charge is 1.00 e. The zero-order valence-electron chi connectivity index (χ0n) is 7.19. The van der Waals surface area contributed by atoms with Gasteiger partial charge in [0.2, 0.25) is 0 Å². The van der Waals surface area contributed by atoms with Crippen LogP contribution in [0.15, 0.2) is 0 Å². The second-order valence-electron chi connectivity index (χ2n) is 2.98. The average Bonchev–Trinajstić information content (AvgIpc) is 1.86. The Labute approximate surface area is 94.9 Å². The van der Waals surface area contributed by atoms with Crippen LogP contribution in [-0.2, 0) is 10.1 Å². The van der Waals surface area contributed by atoms with Crippen molar-refractivity contribution in [2.24, 2.45) is 5.73 Å². The van der Waals surface area contributed by atoms with E-state index in [0.717, 1.165) is 12.8 Å². The molecule has 0 aliphatic heterocycles. The zero-order chi connectivity index (χ0) is 8.48. The molecule has 1 aliphatic rings. The smallest absolute Gasteiger partial charge is 0.748 e. The van der Waals surface area contributed by atoms with Gasteiger partial charge in [-0.3, -0.25) is 0 Å². The predicted octanol–water partition coefficient (Wildman–Crippen LogP) is -3.19. The van der Waals surface area contributed by atoms with Crippen molar-refractivity contribution < 1.29 is 42.5 Å². The van der Waals surface area contributed by atoms with Gasteiger partial charge < -0.3 is 10.3 Å². The van der Waals surface area contributed by atoms with Crippen molar-refractivity contribution >= 4 is 10.1 Å². The van der Waals surface area contributed by atoms with Crippen LogP contribution in [-0.4, -0.2) is 24.3 Å². The fourth-order valence-electron chi connectivity index (χ4n) is 1.48. The molecule has 4 nitrogen and oxygen atoms in total. The van der Waals surface area contributed by atoms with Crippen LogP contribution in [0.5, 0.6) is 0 Å². The molecule has 0 unspecified atom stereocenters. The molecule has 0 amide bonds. The Bertz CT molecular complexity index is 229. The molecular weight excluding hydrogens is 189 g/mol. The topological polar surface area (TPSA) is 83.2 Å². The molecular formula is C6H12NNaO3S. The third-order valence-corrected chi connectivity index (χ3v) is 3.45. The van der Waals surface area contributed by atoms with E-state index in [2.05, 4.69) is 0 Å². The van der Waals surface area contributed by atoms with Crippen LogP contribution in [0.1, 0.15) is 25.7 Å². The molecule has 0 heterocycles. The molecule has 1 aliphatic carbocycles. The fraction of sp³-hybridized carbons (Fsp3) is 1.00. The quantitative estimate of drug-likeness (QED) is 0.358. The Morgan fingerprint density at radius 3 is 2.08 bits per heavy atom. The van der Waals surface area contributed by atoms with Crippen molar-refractivity contribution in [3.05, 3.63) is 0 Å². The summed E-state index contributed by atoms with van der Waals surface area (Å²) in [5, 5.41) is -0.837. The van der Waals surface area contributed by atoms with Crippen LogP contribution in [0.4, 0.5) is 0 Å². The Kier molecular flexibility index (Phi) is 5.29. The molecule has 1 rings (SSSR count). The van der Waals surface area contributed by atoms with Gasteiger partial charge in [-0.05, 0) is 12.8 Å². The average molecular weight is 201 g/mol. The first kappa shape index (κ1) is 12.9. The molecule has 0 bridgehead atoms. The molecule has 2 N–H and O–H groups in total. The first-order chi connectivity index (χ1) is 5.02. The Balaban J connectivity index is 0.00000121. The minimum Gasteiger partial charge on any atom is -0.748 e. The van der Waals surface area contributed by atoms with Crippen molar-refractivity contribution in [1.29, 1.82) is 0 Å². The normalized spacial score (nSPS) is 30.8. The van der Waals surface area contributed by atoms with E-state index in [1.807, 2.05) is 0 Å². The van der Waals surface area contributed by atoms with Gasteiger partial charge >= 0.3 is 29.6 Å². The minimum atomic E-state index is -4.15. The van der Waals surface area contributed by atoms with Crippen molar-refractivity contribution in [2.45, 2.75) is 37.0 Å². The number of hydrogen-bond acceptors (Lipinski definition) is 4. The molecule has 1 fully saturated rings. The summed E-state index contributed by atoms with van der Waals surface area (Å²) in [5.41, 5.74) is 5.49. The van der Waals surface area contributed by atoms with Gasteiger partial charge in [0.1, 0.15) is 0 Å². The standard InChI is InChI=1S/C6H13NO3S.Na/c7-5-3-1-2-4-6(5)11(8,9)10;/h5-6H,1-4,7H2,(H,8,9,10);/q;+1/p-1/t5-,6-;/m1./s1. The maximum Gasteiger partial charge on any atom is 1.00 e. The van der Waals surface area contributed by atoms with Crippen LogP contribution in [0.3, 0.4) is 0 Å². The van der Waals surface area contributed by atoms with Gasteiger partial charge in [-0.2, -0.15) is 0 Å². The molecule has 6 heteroatoms. The van der Waals surface area contributed by atoms with E-state index in [4.69, 9.17) is 5.73 Å². The van der Waals surface area contributed by atoms with Gasteiger partial charge in [-0.1, -0.05) is 12.8 Å². The van der Waals surface area contributed by atoms with Gasteiger partial charge in [0, 0.05) is 6.04 Å². The Hall–Kier alpha value is 0.870. The van der Waals surface area contributed by atoms with Gasteiger partial charge in [-0.25, -0.2) is 8.42 Å². The van der Waals surface area contributed by atoms with Gasteiger partial charge in [0.25, 0.3) is 0 Å². The summed E-state index contributed by atoms with van der Waals surface area (Å²) >= 11 is 0. The second kappa shape index (κ2) is 4.93. The molecule has 0 radical (unpaired) electrons. The second-order valence-corrected chi connectivity index (χ2v) is 4.57. The predicted molar refractivity (Wildman–Crippen MR) is 39.9 cm³/mol. The van der Waals surface area contributed by atoms with E-state index >= 15 is 0 Å². The molecule has 12 heavy (non-hydrogen) atoms. The molecule has 66 valence electrons. The zero-order valence-corrected chi connectivity index (χ0v) is 10.0. The van der Waals surface area contributed by atoms with Crippen molar-refractivity contribution in [3.63, 3.8) is 0 Å². The maximum absolute atomic E-state index is 10.6. The van der Waals surface area contributed by atoms with Gasteiger partial charge in [-0.15, -0.1) is 0 Å². The molecule has 0 aromatic carbocycles. The van der Waals surface area contributed by atoms with E-state index in [1.54, 1.807) is 0 Å². The van der Waals surface area contributed by atoms with Crippen molar-refractivity contribution in [1.82, 2.24) is 0 Å². The van der Waals surface area contributed by atoms with Gasteiger partial charge in [0.05, 0.1) is 15.4 Å². The van der Waals surface area contributed by atoms with E-state index in [1.165, 1.54) is 0 Å². The van der Waals surface area contributed by atoms with Crippen molar-refractivity contribution in [2.75, 3.05) is 0 Å². The summed E-state index contributed by atoms with van der Waals surface area (Å²) in [4.78, 5) is 0. The summed E-state index contributed by atoms with van der Waals surface area (Å²) in [5.74, 6) is 0. The van der Waals surface area contributed by atoms with Crippen LogP contribution in [0.25, 0.3) is 0 Å². The Morgan fingerprint density at radius 2 is 1.75 bits per heavy atom. The minimum absolute atomic E-state index is 0. The van der Waals surface area contributed by atoms with Crippen LogP contribution in [0, 0.1) is 0 Å². The molecule has 0 saturated heterocycles. The first-order valence-electron chi connectivity index (χ1n) is 3.72. The molecule has 1 saturated carbocycles. The van der Waals surface area contributed by atoms with Crippen molar-refractivity contribution in [3.8, 4) is 0 Å². The fourth-order valence-corrected chi connectivity index (χ4v) is 2.50. The summed E-state index contributed by atoms with van der Waals surface area (Å²) in [6, 6.07) is -0.439. The number of hydrogen-bond donors (Lipinski definition) is 1. The van der Waals surface area contributed by atoms with Crippen LogP contribution >= 0.6 is 0 Å². The number of nitrogens with two attached hydrogens (primary N) is 1. The van der Waals surface area contributed by atoms with E-state index in [9.17, 15) is 13.0 Å². The summed E-state index contributed by atoms with van der Waals surface area (Å²) in [6.45, 7) is 0. The molecule has 0 spiro atoms. The first-order valence-corrected chi connectivity index (χ1v) is 5.19. The van der Waals surface area contributed by atoms with Crippen LogP contribution in [0.2, 0.25) is 0 Å². The monoisotopic (exact) mass is 201 g/mol. The SMILES string of the molecule is N[C@@H]1CCCC[C@H]1S(=O)(=O)[O-].[Na+]. The van der Waals surface area contributed by atoms with E-state index in [-0.39, 0.29) is 29.6 Å².